The van der Waals surface area contributed by atoms with E-state index in [2.05, 4.69) is 24.0 Å². The van der Waals surface area contributed by atoms with Crippen molar-refractivity contribution in [1.82, 2.24) is 14.8 Å². The second-order valence-corrected chi connectivity index (χ2v) is 7.62. The highest BCUT2D eigenvalue weighted by Gasteiger charge is 2.17. The molecule has 0 saturated heterocycles. The lowest BCUT2D eigenvalue weighted by Crippen LogP contribution is -2.16. The van der Waals surface area contributed by atoms with Gasteiger partial charge >= 0.3 is 5.97 Å². The molecule has 0 unspecified atom stereocenters. The molecule has 0 aliphatic carbocycles. The quantitative estimate of drug-likeness (QED) is 0.295. The van der Waals surface area contributed by atoms with Crippen LogP contribution in [0.15, 0.2) is 52.2 Å². The highest BCUT2D eigenvalue weighted by atomic mass is 32.2. The van der Waals surface area contributed by atoms with E-state index in [0.717, 1.165) is 5.56 Å². The maximum atomic E-state index is 12.2. The fourth-order valence-electron chi connectivity index (χ4n) is 2.72. The van der Waals surface area contributed by atoms with Crippen LogP contribution in [-0.2, 0) is 16.1 Å². The minimum atomic E-state index is -0.479. The molecule has 1 aromatic carbocycles. The van der Waals surface area contributed by atoms with Gasteiger partial charge in [-0.2, -0.15) is 0 Å². The van der Waals surface area contributed by atoms with Gasteiger partial charge in [0.2, 0.25) is 0 Å². The second kappa shape index (κ2) is 9.56. The molecular weight excluding hydrogens is 390 g/mol. The van der Waals surface area contributed by atoms with Crippen molar-refractivity contribution in [3.8, 4) is 11.6 Å². The van der Waals surface area contributed by atoms with E-state index in [4.69, 9.17) is 9.15 Å². The third kappa shape index (κ3) is 5.14. The lowest BCUT2D eigenvalue weighted by molar-refractivity contribution is -0.139. The first kappa shape index (κ1) is 20.9. The van der Waals surface area contributed by atoms with Crippen LogP contribution in [0, 0.1) is 0 Å². The molecule has 0 aliphatic rings. The minimum absolute atomic E-state index is 0.0376. The number of rotatable bonds is 9. The molecule has 0 aliphatic heterocycles. The van der Waals surface area contributed by atoms with Gasteiger partial charge in [0.1, 0.15) is 0 Å². The molecule has 0 fully saturated rings. The number of hydrogen-bond acceptors (Lipinski definition) is 7. The third-order valence-electron chi connectivity index (χ3n) is 4.36. The fraction of sp³-hybridized carbons (Fsp3) is 0.333. The second-order valence-electron chi connectivity index (χ2n) is 6.68. The molecule has 2 aromatic heterocycles. The molecule has 2 heterocycles. The number of thioether (sulfide) groups is 1. The maximum absolute atomic E-state index is 12.2. The molecule has 0 N–H and O–H groups in total. The highest BCUT2D eigenvalue weighted by Crippen LogP contribution is 2.24. The molecule has 152 valence electrons. The van der Waals surface area contributed by atoms with Crippen LogP contribution in [0.25, 0.3) is 11.6 Å². The zero-order valence-electron chi connectivity index (χ0n) is 16.6. The number of esters is 1. The van der Waals surface area contributed by atoms with Crippen molar-refractivity contribution >= 4 is 23.5 Å². The summed E-state index contributed by atoms with van der Waals surface area (Å²) < 4.78 is 12.4. The predicted octanol–water partition coefficient (Wildman–Crippen LogP) is 4.20. The van der Waals surface area contributed by atoms with Crippen LogP contribution in [0.4, 0.5) is 0 Å². The molecule has 7 nitrogen and oxygen atoms in total. The Morgan fingerprint density at radius 1 is 1.17 bits per heavy atom. The Labute approximate surface area is 173 Å². The Morgan fingerprint density at radius 3 is 2.55 bits per heavy atom. The number of hydrogen-bond donors (Lipinski definition) is 0. The first-order valence-electron chi connectivity index (χ1n) is 9.38. The zero-order chi connectivity index (χ0) is 20.8. The normalized spacial score (nSPS) is 11.0. The Hall–Kier alpha value is -2.87. The van der Waals surface area contributed by atoms with Crippen LogP contribution < -0.4 is 0 Å². The summed E-state index contributed by atoms with van der Waals surface area (Å²) >= 11 is 1.21. The lowest BCUT2D eigenvalue weighted by atomic mass is 10.0. The van der Waals surface area contributed by atoms with Gasteiger partial charge in [-0.15, -0.1) is 10.2 Å². The predicted molar refractivity (Wildman–Crippen MR) is 110 cm³/mol. The Kier molecular flexibility index (Phi) is 6.87. The maximum Gasteiger partial charge on any atom is 0.316 e. The molecule has 0 atom stereocenters. The van der Waals surface area contributed by atoms with Gasteiger partial charge in [0.25, 0.3) is 0 Å². The first-order valence-corrected chi connectivity index (χ1v) is 10.4. The van der Waals surface area contributed by atoms with Crippen LogP contribution in [0.5, 0.6) is 0 Å². The number of ether oxygens (including phenoxy) is 1. The van der Waals surface area contributed by atoms with E-state index >= 15 is 0 Å². The Balaban J connectivity index is 1.52. The van der Waals surface area contributed by atoms with Crippen LogP contribution in [-0.4, -0.2) is 38.9 Å². The average molecular weight is 413 g/mol. The molecule has 0 spiro atoms. The highest BCUT2D eigenvalue weighted by molar-refractivity contribution is 7.99. The largest absolute Gasteiger partial charge is 0.461 e. The number of nitrogens with zero attached hydrogens (tertiary/aromatic N) is 3. The summed E-state index contributed by atoms with van der Waals surface area (Å²) in [5, 5.41) is 8.84. The Bertz CT molecular complexity index is 962. The monoisotopic (exact) mass is 413 g/mol. The van der Waals surface area contributed by atoms with Gasteiger partial charge in [0.05, 0.1) is 12.0 Å². The minimum Gasteiger partial charge on any atom is -0.461 e. The fourth-order valence-corrected chi connectivity index (χ4v) is 3.52. The number of furan rings is 1. The van der Waals surface area contributed by atoms with E-state index < -0.39 is 5.97 Å². The van der Waals surface area contributed by atoms with Crippen LogP contribution in [0.2, 0.25) is 0 Å². The van der Waals surface area contributed by atoms with Crippen molar-refractivity contribution in [2.75, 3.05) is 12.4 Å². The van der Waals surface area contributed by atoms with Gasteiger partial charge in [-0.05, 0) is 30.5 Å². The molecule has 8 heteroatoms. The third-order valence-corrected chi connectivity index (χ3v) is 5.30. The van der Waals surface area contributed by atoms with E-state index in [9.17, 15) is 9.59 Å². The topological polar surface area (TPSA) is 87.2 Å². The lowest BCUT2D eigenvalue weighted by Gasteiger charge is -2.08. The van der Waals surface area contributed by atoms with Crippen LogP contribution in [0.1, 0.15) is 42.6 Å². The van der Waals surface area contributed by atoms with Gasteiger partial charge in [-0.25, -0.2) is 0 Å². The smallest absolute Gasteiger partial charge is 0.316 e. The van der Waals surface area contributed by atoms with Crippen molar-refractivity contribution < 1.29 is 18.7 Å². The van der Waals surface area contributed by atoms with E-state index in [0.29, 0.717) is 34.8 Å². The number of aromatic nitrogens is 3. The van der Waals surface area contributed by atoms with E-state index in [-0.39, 0.29) is 18.1 Å². The summed E-state index contributed by atoms with van der Waals surface area (Å²) in [5.41, 5.74) is 1.69. The number of benzene rings is 1. The van der Waals surface area contributed by atoms with Crippen molar-refractivity contribution in [2.45, 2.75) is 38.4 Å². The molecule has 3 rings (SSSR count). The number of carbonyl (C=O) groups is 2. The molecule has 0 bridgehead atoms. The van der Waals surface area contributed by atoms with E-state index in [1.807, 2.05) is 23.6 Å². The summed E-state index contributed by atoms with van der Waals surface area (Å²) in [6.07, 6.45) is 1.57. The number of carbonyl (C=O) groups excluding carboxylic acids is 2. The summed E-state index contributed by atoms with van der Waals surface area (Å²) in [5.74, 6) is 0.946. The summed E-state index contributed by atoms with van der Waals surface area (Å²) in [7, 11) is 0. The van der Waals surface area contributed by atoms with Crippen molar-refractivity contribution in [1.29, 1.82) is 0 Å². The number of ketones is 1. The van der Waals surface area contributed by atoms with Gasteiger partial charge in [0.15, 0.2) is 29.1 Å². The van der Waals surface area contributed by atoms with E-state index in [1.165, 1.54) is 11.8 Å². The van der Waals surface area contributed by atoms with Gasteiger partial charge in [0, 0.05) is 12.1 Å². The van der Waals surface area contributed by atoms with Gasteiger partial charge < -0.3 is 9.15 Å². The summed E-state index contributed by atoms with van der Waals surface area (Å²) in [6, 6.07) is 11.0. The van der Waals surface area contributed by atoms with Crippen LogP contribution in [0.3, 0.4) is 0 Å². The summed E-state index contributed by atoms with van der Waals surface area (Å²) in [6.45, 7) is 6.49. The molecular formula is C21H23N3O4S. The SMILES string of the molecule is CCn1c(SCC(=O)OCC(=O)c2ccc(C(C)C)cc2)nnc1-c1ccco1. The van der Waals surface area contributed by atoms with E-state index in [1.54, 1.807) is 30.5 Å². The Morgan fingerprint density at radius 2 is 1.93 bits per heavy atom. The molecule has 0 saturated carbocycles. The van der Waals surface area contributed by atoms with Gasteiger partial charge in [-0.3, -0.25) is 14.2 Å². The molecule has 3 aromatic rings. The standard InChI is InChI=1S/C21H23N3O4S/c1-4-24-20(18-6-5-11-27-18)22-23-21(24)29-13-19(26)28-12-17(25)16-9-7-15(8-10-16)14(2)3/h5-11,14H,4,12-13H2,1-3H3. The average Bonchev–Trinajstić information content (AvgIpc) is 3.39. The van der Waals surface area contributed by atoms with Crippen LogP contribution >= 0.6 is 11.8 Å². The van der Waals surface area contributed by atoms with Gasteiger partial charge in [-0.1, -0.05) is 49.9 Å². The summed E-state index contributed by atoms with van der Waals surface area (Å²) in [4.78, 5) is 24.3. The molecule has 29 heavy (non-hydrogen) atoms. The first-order chi connectivity index (χ1) is 14.0. The molecule has 0 radical (unpaired) electrons. The molecule has 0 amide bonds. The zero-order valence-corrected chi connectivity index (χ0v) is 17.4. The van der Waals surface area contributed by atoms with Crippen molar-refractivity contribution in [3.63, 3.8) is 0 Å². The van der Waals surface area contributed by atoms with Crippen molar-refractivity contribution in [2.24, 2.45) is 0 Å². The number of Topliss-reactive ketones (excluding diaryl/α,β-unsaturated/α-hetero) is 1. The van der Waals surface area contributed by atoms with Crippen molar-refractivity contribution in [3.05, 3.63) is 53.8 Å².